The van der Waals surface area contributed by atoms with Crippen molar-refractivity contribution in [2.45, 2.75) is 67.7 Å². The van der Waals surface area contributed by atoms with Gasteiger partial charge in [-0.05, 0) is 113 Å². The number of ketones is 1. The second-order valence-electron chi connectivity index (χ2n) is 14.1. The Labute approximate surface area is 247 Å². The van der Waals surface area contributed by atoms with Gasteiger partial charge in [0.05, 0.1) is 0 Å². The zero-order valence-electron chi connectivity index (χ0n) is 25.9. The van der Waals surface area contributed by atoms with E-state index in [2.05, 4.69) is 115 Å². The summed E-state index contributed by atoms with van der Waals surface area (Å²) in [6, 6.07) is 24.1. The highest BCUT2D eigenvalue weighted by Crippen LogP contribution is 2.71. The highest BCUT2D eigenvalue weighted by atomic mass is 16.1. The first-order valence-corrected chi connectivity index (χ1v) is 15.2. The van der Waals surface area contributed by atoms with Crippen LogP contribution in [0.25, 0.3) is 27.8 Å². The second kappa shape index (κ2) is 9.28. The predicted octanol–water partition coefficient (Wildman–Crippen LogP) is 10.4. The molecule has 1 saturated carbocycles. The summed E-state index contributed by atoms with van der Waals surface area (Å²) in [4.78, 5) is 12.9. The fourth-order valence-corrected chi connectivity index (χ4v) is 9.79. The van der Waals surface area contributed by atoms with Crippen LogP contribution in [0.3, 0.4) is 0 Å². The number of allylic oxidation sites excluding steroid dienone is 4. The van der Waals surface area contributed by atoms with Crippen LogP contribution in [-0.4, -0.2) is 5.78 Å². The molecule has 1 fully saturated rings. The van der Waals surface area contributed by atoms with Gasteiger partial charge in [0.1, 0.15) is 5.78 Å². The van der Waals surface area contributed by atoms with E-state index in [0.29, 0.717) is 5.92 Å². The maximum atomic E-state index is 12.9. The van der Waals surface area contributed by atoms with E-state index in [1.54, 1.807) is 6.92 Å². The van der Waals surface area contributed by atoms with Crippen molar-refractivity contribution in [2.75, 3.05) is 0 Å². The van der Waals surface area contributed by atoms with Crippen molar-refractivity contribution in [1.82, 2.24) is 0 Å². The second-order valence-corrected chi connectivity index (χ2v) is 14.1. The summed E-state index contributed by atoms with van der Waals surface area (Å²) in [6.45, 7) is 25.5. The molecule has 3 aromatic carbocycles. The van der Waals surface area contributed by atoms with Crippen molar-refractivity contribution >= 4 is 11.4 Å². The first kappa shape index (κ1) is 27.7. The number of carbonyl (C=O) groups is 1. The summed E-state index contributed by atoms with van der Waals surface area (Å²) in [5.41, 5.74) is 13.9. The van der Waals surface area contributed by atoms with Gasteiger partial charge in [-0.25, -0.2) is 0 Å². The number of Topliss-reactive ketones (excluding diaryl/α,β-unsaturated/α-hetero) is 1. The van der Waals surface area contributed by atoms with Crippen molar-refractivity contribution in [2.24, 2.45) is 28.1 Å². The minimum atomic E-state index is -0.252. The van der Waals surface area contributed by atoms with Gasteiger partial charge in [-0.2, -0.15) is 0 Å². The molecule has 0 heterocycles. The molecule has 0 N–H and O–H groups in total. The summed E-state index contributed by atoms with van der Waals surface area (Å²) < 4.78 is 0. The van der Waals surface area contributed by atoms with Gasteiger partial charge in [-0.3, -0.25) is 4.79 Å². The summed E-state index contributed by atoms with van der Waals surface area (Å²) in [7, 11) is 0. The molecule has 3 aliphatic rings. The molecule has 0 aliphatic heterocycles. The van der Waals surface area contributed by atoms with E-state index in [9.17, 15) is 4.79 Å². The number of hydrogen-bond donors (Lipinski definition) is 0. The Balaban J connectivity index is 1.64. The number of carbonyl (C=O) groups excluding carboxylic acids is 1. The Morgan fingerprint density at radius 3 is 2.00 bits per heavy atom. The predicted molar refractivity (Wildman–Crippen MR) is 174 cm³/mol. The standard InChI is InChI=1S/C40H44O/c1-24-21-39(8)23-38(7)22-34-33(31-18-14-11-15-19-31)20-32(30-16-12-10-13-17-30)25(2)36(34)26(3)37(38)28(5)40(39,9)27(4)35(24)29(6)41/h10-20,24,35H,3-4,21-23H2,1-2,5-9H3/t24?,35?,38-,39+,40-/m1/s1. The highest BCUT2D eigenvalue weighted by molar-refractivity contribution is 5.94. The Morgan fingerprint density at radius 1 is 0.878 bits per heavy atom. The van der Waals surface area contributed by atoms with E-state index >= 15 is 0 Å². The van der Waals surface area contributed by atoms with Gasteiger partial charge in [0, 0.05) is 11.3 Å². The molecule has 0 amide bonds. The van der Waals surface area contributed by atoms with E-state index in [-0.39, 0.29) is 27.9 Å². The molecule has 41 heavy (non-hydrogen) atoms. The van der Waals surface area contributed by atoms with Crippen molar-refractivity contribution < 1.29 is 4.79 Å². The van der Waals surface area contributed by atoms with E-state index in [4.69, 9.17) is 6.58 Å². The van der Waals surface area contributed by atoms with Crippen LogP contribution in [0.4, 0.5) is 0 Å². The van der Waals surface area contributed by atoms with Crippen molar-refractivity contribution in [1.29, 1.82) is 0 Å². The lowest BCUT2D eigenvalue weighted by Gasteiger charge is -2.64. The van der Waals surface area contributed by atoms with Crippen LogP contribution in [0, 0.1) is 35.0 Å². The molecule has 210 valence electrons. The van der Waals surface area contributed by atoms with E-state index in [0.717, 1.165) is 30.4 Å². The molecule has 0 aromatic heterocycles. The molecule has 3 aliphatic carbocycles. The topological polar surface area (TPSA) is 17.1 Å². The fourth-order valence-electron chi connectivity index (χ4n) is 9.79. The van der Waals surface area contributed by atoms with E-state index in [1.165, 1.54) is 50.1 Å². The zero-order valence-corrected chi connectivity index (χ0v) is 25.9. The molecule has 0 bridgehead atoms. The molecule has 1 heteroatoms. The normalized spacial score (nSPS) is 30.9. The van der Waals surface area contributed by atoms with Crippen LogP contribution in [-0.2, 0) is 11.2 Å². The average Bonchev–Trinajstić information content (AvgIpc) is 2.91. The number of rotatable bonds is 3. The van der Waals surface area contributed by atoms with Gasteiger partial charge in [0.2, 0.25) is 0 Å². The number of fused-ring (bicyclic) bond motifs is 3. The third kappa shape index (κ3) is 3.77. The van der Waals surface area contributed by atoms with Crippen LogP contribution in [0.5, 0.6) is 0 Å². The third-order valence-electron chi connectivity index (χ3n) is 11.5. The monoisotopic (exact) mass is 540 g/mol. The minimum Gasteiger partial charge on any atom is -0.299 e. The summed E-state index contributed by atoms with van der Waals surface area (Å²) in [5.74, 6) is 0.458. The average molecular weight is 541 g/mol. The lowest BCUT2D eigenvalue weighted by atomic mass is 9.39. The lowest BCUT2D eigenvalue weighted by Crippen LogP contribution is -2.56. The van der Waals surface area contributed by atoms with Crippen LogP contribution in [0.1, 0.15) is 71.1 Å². The molecular formula is C40H44O. The van der Waals surface area contributed by atoms with Gasteiger partial charge in [-0.15, -0.1) is 0 Å². The summed E-state index contributed by atoms with van der Waals surface area (Å²) in [6.07, 6.45) is 3.07. The first-order chi connectivity index (χ1) is 19.3. The van der Waals surface area contributed by atoms with Gasteiger partial charge < -0.3 is 0 Å². The maximum absolute atomic E-state index is 12.9. The van der Waals surface area contributed by atoms with Crippen molar-refractivity contribution in [3.8, 4) is 22.3 Å². The van der Waals surface area contributed by atoms with Crippen molar-refractivity contribution in [3.05, 3.63) is 113 Å². The molecule has 0 radical (unpaired) electrons. The Hall–Kier alpha value is -3.45. The van der Waals surface area contributed by atoms with Gasteiger partial charge in [0.15, 0.2) is 0 Å². The SMILES string of the molecule is C=C1C2=C(C)[C@@]3(C)C(=C)C(C(C)=O)C(C)C[C@@]3(C)C[C@@]2(C)Cc2c(-c3ccccc3)cc(-c3ccccc3)c(C)c21. The van der Waals surface area contributed by atoms with E-state index in [1.807, 2.05) is 0 Å². The minimum absolute atomic E-state index is 0.0154. The maximum Gasteiger partial charge on any atom is 0.137 e. The molecule has 2 unspecified atom stereocenters. The number of hydrogen-bond acceptors (Lipinski definition) is 1. The third-order valence-corrected chi connectivity index (χ3v) is 11.5. The van der Waals surface area contributed by atoms with Crippen LogP contribution in [0.15, 0.2) is 96.6 Å². The fraction of sp³-hybridized carbons (Fsp3) is 0.375. The largest absolute Gasteiger partial charge is 0.299 e. The Kier molecular flexibility index (Phi) is 6.27. The van der Waals surface area contributed by atoms with Crippen molar-refractivity contribution in [3.63, 3.8) is 0 Å². The molecule has 6 rings (SSSR count). The highest BCUT2D eigenvalue weighted by Gasteiger charge is 2.62. The first-order valence-electron chi connectivity index (χ1n) is 15.2. The van der Waals surface area contributed by atoms with Gasteiger partial charge in [-0.1, -0.05) is 113 Å². The zero-order chi connectivity index (χ0) is 29.5. The summed E-state index contributed by atoms with van der Waals surface area (Å²) in [5, 5.41) is 0. The quantitative estimate of drug-likeness (QED) is 0.302. The number of benzene rings is 3. The van der Waals surface area contributed by atoms with Crippen LogP contribution in [0.2, 0.25) is 0 Å². The smallest absolute Gasteiger partial charge is 0.137 e. The molecule has 3 aromatic rings. The van der Waals surface area contributed by atoms with E-state index < -0.39 is 0 Å². The molecule has 1 nitrogen and oxygen atoms in total. The lowest BCUT2D eigenvalue weighted by molar-refractivity contribution is -0.124. The van der Waals surface area contributed by atoms with Gasteiger partial charge >= 0.3 is 0 Å². The molecule has 0 spiro atoms. The van der Waals surface area contributed by atoms with Crippen LogP contribution >= 0.6 is 0 Å². The molecule has 0 saturated heterocycles. The summed E-state index contributed by atoms with van der Waals surface area (Å²) >= 11 is 0. The Morgan fingerprint density at radius 2 is 1.44 bits per heavy atom. The molecular weight excluding hydrogens is 496 g/mol. The Bertz CT molecular complexity index is 1640. The van der Waals surface area contributed by atoms with Crippen LogP contribution < -0.4 is 0 Å². The molecule has 5 atom stereocenters. The van der Waals surface area contributed by atoms with Gasteiger partial charge in [0.25, 0.3) is 0 Å².